The fourth-order valence-corrected chi connectivity index (χ4v) is 4.34. The lowest BCUT2D eigenvalue weighted by Gasteiger charge is -2.34. The summed E-state index contributed by atoms with van der Waals surface area (Å²) in [4.78, 5) is 1.38. The van der Waals surface area contributed by atoms with E-state index < -0.39 is 0 Å². The van der Waals surface area contributed by atoms with Crippen molar-refractivity contribution < 1.29 is 0 Å². The second-order valence-electron chi connectivity index (χ2n) is 8.25. The summed E-state index contributed by atoms with van der Waals surface area (Å²) in [7, 11) is 0. The van der Waals surface area contributed by atoms with Crippen LogP contribution in [0.4, 0.5) is 0 Å². The van der Waals surface area contributed by atoms with E-state index in [0.29, 0.717) is 12.1 Å². The summed E-state index contributed by atoms with van der Waals surface area (Å²) in [6.45, 7) is 8.89. The minimum absolute atomic E-state index is 0. The first-order valence-corrected chi connectivity index (χ1v) is 10.9. The van der Waals surface area contributed by atoms with Crippen LogP contribution >= 0.6 is 36.6 Å². The molecule has 2 N–H and O–H groups in total. The van der Waals surface area contributed by atoms with Gasteiger partial charge in [0.1, 0.15) is 0 Å². The van der Waals surface area contributed by atoms with Crippen molar-refractivity contribution in [2.45, 2.75) is 62.6 Å². The van der Waals surface area contributed by atoms with Crippen LogP contribution in [0.15, 0.2) is 53.4 Å². The first-order valence-electron chi connectivity index (χ1n) is 9.68. The third kappa shape index (κ3) is 6.40. The number of thioether (sulfide) groups is 1. The Bertz CT molecular complexity index is 716. The normalized spacial score (nSPS) is 19.4. The predicted octanol–water partition coefficient (Wildman–Crippen LogP) is 6.13. The highest BCUT2D eigenvalue weighted by molar-refractivity contribution is 7.98. The molecule has 5 heteroatoms. The summed E-state index contributed by atoms with van der Waals surface area (Å²) >= 11 is 1.84. The van der Waals surface area contributed by atoms with Crippen LogP contribution < -0.4 is 10.6 Å². The average molecular weight is 442 g/mol. The summed E-state index contributed by atoms with van der Waals surface area (Å²) in [6, 6.07) is 18.7. The molecule has 0 aliphatic carbocycles. The van der Waals surface area contributed by atoms with Gasteiger partial charge in [-0.05, 0) is 53.8 Å². The highest BCUT2D eigenvalue weighted by atomic mass is 35.5. The highest BCUT2D eigenvalue weighted by Crippen LogP contribution is 2.29. The number of benzene rings is 2. The fraction of sp³-hybridized carbons (Fsp3) is 0.478. The molecule has 2 aromatic rings. The van der Waals surface area contributed by atoms with Crippen molar-refractivity contribution in [1.82, 2.24) is 10.6 Å². The molecule has 0 radical (unpaired) electrons. The summed E-state index contributed by atoms with van der Waals surface area (Å²) in [5, 5.41) is 7.58. The van der Waals surface area contributed by atoms with Gasteiger partial charge in [0.05, 0.1) is 0 Å². The highest BCUT2D eigenvalue weighted by Gasteiger charge is 2.26. The maximum Gasteiger partial charge on any atom is 0.0476 e. The minimum atomic E-state index is 0. The van der Waals surface area contributed by atoms with E-state index in [0.717, 1.165) is 13.1 Å². The molecule has 1 aliphatic heterocycles. The van der Waals surface area contributed by atoms with Gasteiger partial charge < -0.3 is 10.6 Å². The Balaban J connectivity index is 0.00000196. The molecule has 0 saturated carbocycles. The van der Waals surface area contributed by atoms with Crippen LogP contribution in [0.5, 0.6) is 0 Å². The molecular weight excluding hydrogens is 407 g/mol. The molecule has 28 heavy (non-hydrogen) atoms. The van der Waals surface area contributed by atoms with Crippen molar-refractivity contribution in [1.29, 1.82) is 0 Å². The Hall–Kier alpha value is -0.710. The van der Waals surface area contributed by atoms with Gasteiger partial charge in [-0.2, -0.15) is 0 Å². The molecule has 156 valence electrons. The van der Waals surface area contributed by atoms with Crippen LogP contribution in [-0.4, -0.2) is 18.8 Å². The van der Waals surface area contributed by atoms with E-state index in [1.165, 1.54) is 34.4 Å². The average Bonchev–Trinajstić information content (AvgIpc) is 2.66. The third-order valence-electron chi connectivity index (χ3n) is 5.32. The van der Waals surface area contributed by atoms with Crippen LogP contribution in [-0.2, 0) is 12.0 Å². The van der Waals surface area contributed by atoms with Gasteiger partial charge in [0, 0.05) is 23.5 Å². The van der Waals surface area contributed by atoms with Crippen LogP contribution in [0.1, 0.15) is 56.3 Å². The first-order chi connectivity index (χ1) is 12.5. The molecule has 0 bridgehead atoms. The summed E-state index contributed by atoms with van der Waals surface area (Å²) in [5.74, 6) is 0. The number of rotatable bonds is 5. The number of halogens is 2. The Morgan fingerprint density at radius 1 is 1.07 bits per heavy atom. The molecule has 0 spiro atoms. The smallest absolute Gasteiger partial charge is 0.0476 e. The maximum absolute atomic E-state index is 3.86. The van der Waals surface area contributed by atoms with Crippen LogP contribution in [0.2, 0.25) is 0 Å². The van der Waals surface area contributed by atoms with E-state index in [4.69, 9.17) is 0 Å². The molecule has 1 fully saturated rings. The monoisotopic (exact) mass is 440 g/mol. The largest absolute Gasteiger partial charge is 0.309 e. The van der Waals surface area contributed by atoms with E-state index in [1.54, 1.807) is 0 Å². The van der Waals surface area contributed by atoms with Crippen molar-refractivity contribution in [2.24, 2.45) is 0 Å². The zero-order valence-electron chi connectivity index (χ0n) is 17.3. The fourth-order valence-electron chi connectivity index (χ4n) is 3.74. The van der Waals surface area contributed by atoms with Crippen molar-refractivity contribution in [3.8, 4) is 0 Å². The molecule has 2 atom stereocenters. The summed E-state index contributed by atoms with van der Waals surface area (Å²) in [5.41, 5.74) is 4.40. The molecule has 2 nitrogen and oxygen atoms in total. The second kappa shape index (κ2) is 11.5. The number of piperidine rings is 1. The number of nitrogens with one attached hydrogen (secondary N) is 2. The molecule has 0 amide bonds. The van der Waals surface area contributed by atoms with E-state index in [2.05, 4.69) is 86.2 Å². The minimum Gasteiger partial charge on any atom is -0.309 e. The molecule has 1 heterocycles. The lowest BCUT2D eigenvalue weighted by atomic mass is 9.86. The van der Waals surface area contributed by atoms with Gasteiger partial charge in [-0.3, -0.25) is 0 Å². The van der Waals surface area contributed by atoms with Crippen molar-refractivity contribution in [3.05, 3.63) is 65.2 Å². The molecule has 2 aromatic carbocycles. The Morgan fingerprint density at radius 3 is 2.43 bits per heavy atom. The molecule has 0 unspecified atom stereocenters. The lowest BCUT2D eigenvalue weighted by Crippen LogP contribution is -2.45. The third-order valence-corrected chi connectivity index (χ3v) is 6.16. The van der Waals surface area contributed by atoms with Crippen LogP contribution in [0.25, 0.3) is 0 Å². The number of hydrogen-bond donors (Lipinski definition) is 2. The van der Waals surface area contributed by atoms with Crippen molar-refractivity contribution >= 4 is 36.6 Å². The van der Waals surface area contributed by atoms with Gasteiger partial charge in [-0.1, -0.05) is 63.2 Å². The predicted molar refractivity (Wildman–Crippen MR) is 128 cm³/mol. The van der Waals surface area contributed by atoms with Crippen molar-refractivity contribution in [2.75, 3.05) is 12.8 Å². The quantitative estimate of drug-likeness (QED) is 0.546. The van der Waals surface area contributed by atoms with E-state index in [-0.39, 0.29) is 30.2 Å². The zero-order chi connectivity index (χ0) is 18.6. The number of hydrogen-bond acceptors (Lipinski definition) is 3. The van der Waals surface area contributed by atoms with E-state index >= 15 is 0 Å². The van der Waals surface area contributed by atoms with Gasteiger partial charge in [0.15, 0.2) is 0 Å². The van der Waals surface area contributed by atoms with Gasteiger partial charge in [0.2, 0.25) is 0 Å². The molecule has 1 aliphatic rings. The van der Waals surface area contributed by atoms with Crippen LogP contribution in [0.3, 0.4) is 0 Å². The molecule has 1 saturated heterocycles. The van der Waals surface area contributed by atoms with Crippen molar-refractivity contribution in [3.63, 3.8) is 0 Å². The standard InChI is InChI=1S/C23H32N2S.2ClH/c1-23(2,3)19-12-13-21(26-4)18(15-19)16-25-20-11-8-14-24-22(20)17-9-6-5-7-10-17;;/h5-7,9-10,12-13,15,20,22,24-25H,8,11,14,16H2,1-4H3;2*1H/t20-,22-;;/m0../s1. The molecule has 0 aromatic heterocycles. The summed E-state index contributed by atoms with van der Waals surface area (Å²) in [6.07, 6.45) is 4.63. The Morgan fingerprint density at radius 2 is 1.79 bits per heavy atom. The lowest BCUT2D eigenvalue weighted by molar-refractivity contribution is 0.304. The maximum atomic E-state index is 3.86. The van der Waals surface area contributed by atoms with E-state index in [1.807, 2.05) is 11.8 Å². The zero-order valence-corrected chi connectivity index (χ0v) is 19.8. The van der Waals surface area contributed by atoms with Gasteiger partial charge in [-0.15, -0.1) is 36.6 Å². The second-order valence-corrected chi connectivity index (χ2v) is 9.10. The Kier molecular flexibility index (Phi) is 10.4. The topological polar surface area (TPSA) is 24.1 Å². The van der Waals surface area contributed by atoms with Crippen LogP contribution in [0, 0.1) is 0 Å². The molecular formula is C23H34Cl2N2S. The van der Waals surface area contributed by atoms with Gasteiger partial charge >= 0.3 is 0 Å². The SMILES string of the molecule is CSc1ccc(C(C)(C)C)cc1CN[C@H]1CCCN[C@H]1c1ccccc1.Cl.Cl. The van der Waals surface area contributed by atoms with E-state index in [9.17, 15) is 0 Å². The summed E-state index contributed by atoms with van der Waals surface area (Å²) < 4.78 is 0. The first kappa shape index (κ1) is 25.3. The van der Waals surface area contributed by atoms with Gasteiger partial charge in [-0.25, -0.2) is 0 Å². The van der Waals surface area contributed by atoms with Gasteiger partial charge in [0.25, 0.3) is 0 Å². The molecule has 3 rings (SSSR count). The Labute approximate surface area is 187 Å².